The van der Waals surface area contributed by atoms with Crippen LogP contribution in [-0.2, 0) is 13.2 Å². The molecule has 0 unspecified atom stereocenters. The summed E-state index contributed by atoms with van der Waals surface area (Å²) in [5, 5.41) is 15.6. The van der Waals surface area contributed by atoms with E-state index >= 15 is 0 Å². The highest BCUT2D eigenvalue weighted by Gasteiger charge is 2.14. The zero-order valence-corrected chi connectivity index (χ0v) is 14.4. The van der Waals surface area contributed by atoms with Crippen LogP contribution in [0.1, 0.15) is 21.6 Å². The highest BCUT2D eigenvalue weighted by Crippen LogP contribution is 2.18. The van der Waals surface area contributed by atoms with Crippen LogP contribution in [0, 0.1) is 10.1 Å². The number of aromatic nitrogens is 1. The zero-order valence-electron chi connectivity index (χ0n) is 13.6. The molecule has 3 rings (SSSR count). The number of nitrogens with zero attached hydrogens (tertiary/aromatic N) is 2. The van der Waals surface area contributed by atoms with Gasteiger partial charge in [-0.2, -0.15) is 0 Å². The number of hydrogen-bond donors (Lipinski definition) is 1. The van der Waals surface area contributed by atoms with Crippen LogP contribution >= 0.6 is 11.3 Å². The smallest absolute Gasteiger partial charge is 0.274 e. The Kier molecular flexibility index (Phi) is 5.55. The first kappa shape index (κ1) is 17.6. The first-order chi connectivity index (χ1) is 12.6. The van der Waals surface area contributed by atoms with E-state index in [1.165, 1.54) is 17.4 Å². The number of rotatable bonds is 7. The van der Waals surface area contributed by atoms with Crippen molar-refractivity contribution in [1.82, 2.24) is 10.3 Å². The molecular formula is C18H15N3O4S. The quantitative estimate of drug-likeness (QED) is 0.507. The molecule has 0 saturated carbocycles. The van der Waals surface area contributed by atoms with Gasteiger partial charge in [0.15, 0.2) is 0 Å². The summed E-state index contributed by atoms with van der Waals surface area (Å²) in [7, 11) is 0. The molecule has 0 bridgehead atoms. The maximum absolute atomic E-state index is 12.3. The molecule has 26 heavy (non-hydrogen) atoms. The average Bonchev–Trinajstić information content (AvgIpc) is 3.18. The lowest BCUT2D eigenvalue weighted by atomic mass is 10.1. The van der Waals surface area contributed by atoms with Gasteiger partial charge in [-0.3, -0.25) is 14.9 Å². The third-order valence-electron chi connectivity index (χ3n) is 3.59. The van der Waals surface area contributed by atoms with Crippen LogP contribution in [0.3, 0.4) is 0 Å². The van der Waals surface area contributed by atoms with E-state index in [2.05, 4.69) is 10.3 Å². The van der Waals surface area contributed by atoms with Crippen molar-refractivity contribution in [2.75, 3.05) is 0 Å². The Morgan fingerprint density at radius 2 is 2.08 bits per heavy atom. The minimum atomic E-state index is -0.464. The second-order valence-corrected chi connectivity index (χ2v) is 6.08. The number of nitro groups is 1. The highest BCUT2D eigenvalue weighted by molar-refractivity contribution is 7.07. The fourth-order valence-corrected chi connectivity index (χ4v) is 2.85. The van der Waals surface area contributed by atoms with Crippen LogP contribution in [0.5, 0.6) is 5.75 Å². The molecule has 0 aliphatic carbocycles. The number of nitrogens with one attached hydrogen (secondary N) is 1. The summed E-state index contributed by atoms with van der Waals surface area (Å²) in [5.74, 6) is 0.221. The molecule has 1 N–H and O–H groups in total. The van der Waals surface area contributed by atoms with Gasteiger partial charge in [-0.25, -0.2) is 4.98 Å². The van der Waals surface area contributed by atoms with Crippen molar-refractivity contribution in [3.05, 3.63) is 86.4 Å². The molecule has 0 aliphatic rings. The number of para-hydroxylation sites is 1. The normalized spacial score (nSPS) is 10.3. The summed E-state index contributed by atoms with van der Waals surface area (Å²) >= 11 is 1.49. The van der Waals surface area contributed by atoms with Crippen LogP contribution in [0.15, 0.2) is 59.4 Å². The van der Waals surface area contributed by atoms with Crippen LogP contribution in [-0.4, -0.2) is 15.8 Å². The van der Waals surface area contributed by atoms with E-state index in [0.717, 1.165) is 5.69 Å². The summed E-state index contributed by atoms with van der Waals surface area (Å²) < 4.78 is 5.63. The van der Waals surface area contributed by atoms with E-state index in [4.69, 9.17) is 4.74 Å². The van der Waals surface area contributed by atoms with Gasteiger partial charge in [0.25, 0.3) is 11.6 Å². The van der Waals surface area contributed by atoms with Gasteiger partial charge in [0.1, 0.15) is 12.4 Å². The van der Waals surface area contributed by atoms with E-state index in [9.17, 15) is 14.9 Å². The lowest BCUT2D eigenvalue weighted by molar-refractivity contribution is -0.385. The van der Waals surface area contributed by atoms with E-state index in [0.29, 0.717) is 23.5 Å². The minimum absolute atomic E-state index is 0.0202. The van der Waals surface area contributed by atoms with Crippen molar-refractivity contribution in [3.8, 4) is 5.75 Å². The number of benzene rings is 2. The van der Waals surface area contributed by atoms with Gasteiger partial charge in [-0.05, 0) is 18.2 Å². The number of carbonyl (C=O) groups excluding carboxylic acids is 1. The van der Waals surface area contributed by atoms with Crippen LogP contribution in [0.4, 0.5) is 5.69 Å². The summed E-state index contributed by atoms with van der Waals surface area (Å²) in [6.07, 6.45) is 0. The Morgan fingerprint density at radius 3 is 2.85 bits per heavy atom. The van der Waals surface area contributed by atoms with Gasteiger partial charge in [0.2, 0.25) is 0 Å². The van der Waals surface area contributed by atoms with Crippen molar-refractivity contribution in [1.29, 1.82) is 0 Å². The Balaban J connectivity index is 1.63. The molecule has 1 heterocycles. The number of ether oxygens (including phenoxy) is 1. The monoisotopic (exact) mass is 369 g/mol. The molecule has 1 aromatic heterocycles. The highest BCUT2D eigenvalue weighted by atomic mass is 32.1. The molecule has 3 aromatic rings. The Bertz CT molecular complexity index is 912. The topological polar surface area (TPSA) is 94.4 Å². The first-order valence-corrected chi connectivity index (χ1v) is 8.68. The number of hydrogen-bond acceptors (Lipinski definition) is 6. The van der Waals surface area contributed by atoms with Crippen molar-refractivity contribution >= 4 is 22.9 Å². The predicted molar refractivity (Wildman–Crippen MR) is 97.2 cm³/mol. The van der Waals surface area contributed by atoms with Gasteiger partial charge in [-0.1, -0.05) is 24.3 Å². The number of carbonyl (C=O) groups is 1. The van der Waals surface area contributed by atoms with Gasteiger partial charge < -0.3 is 10.1 Å². The fourth-order valence-electron chi connectivity index (χ4n) is 2.31. The Labute approximate surface area is 153 Å². The van der Waals surface area contributed by atoms with Gasteiger partial charge in [-0.15, -0.1) is 11.3 Å². The molecule has 8 heteroatoms. The van der Waals surface area contributed by atoms with Crippen molar-refractivity contribution in [2.45, 2.75) is 13.2 Å². The minimum Gasteiger partial charge on any atom is -0.487 e. The van der Waals surface area contributed by atoms with Crippen LogP contribution in [0.2, 0.25) is 0 Å². The van der Waals surface area contributed by atoms with E-state index < -0.39 is 4.92 Å². The maximum Gasteiger partial charge on any atom is 0.274 e. The summed E-state index contributed by atoms with van der Waals surface area (Å²) in [5.41, 5.74) is 3.39. The van der Waals surface area contributed by atoms with Crippen molar-refractivity contribution in [3.63, 3.8) is 0 Å². The third-order valence-corrected chi connectivity index (χ3v) is 4.23. The molecule has 0 radical (unpaired) electrons. The zero-order chi connectivity index (χ0) is 18.4. The number of thiazole rings is 1. The van der Waals surface area contributed by atoms with Gasteiger partial charge in [0.05, 0.1) is 16.1 Å². The van der Waals surface area contributed by atoms with Crippen molar-refractivity contribution < 1.29 is 14.5 Å². The molecule has 1 amide bonds. The molecular weight excluding hydrogens is 354 g/mol. The average molecular weight is 369 g/mol. The Morgan fingerprint density at radius 1 is 1.23 bits per heavy atom. The SMILES string of the molecule is O=C(NCc1ccccc1[N+](=O)[O-])c1cccc(OCc2cscn2)c1. The number of nitro benzene ring substituents is 1. The third kappa shape index (κ3) is 4.42. The van der Waals surface area contributed by atoms with E-state index in [1.54, 1.807) is 48.0 Å². The molecule has 2 aromatic carbocycles. The predicted octanol–water partition coefficient (Wildman–Crippen LogP) is 3.56. The summed E-state index contributed by atoms with van der Waals surface area (Å²) in [6.45, 7) is 0.394. The lowest BCUT2D eigenvalue weighted by Crippen LogP contribution is -2.23. The summed E-state index contributed by atoms with van der Waals surface area (Å²) in [4.78, 5) is 27.0. The van der Waals surface area contributed by atoms with Crippen LogP contribution in [0.25, 0.3) is 0 Å². The van der Waals surface area contributed by atoms with E-state index in [-0.39, 0.29) is 18.1 Å². The molecule has 132 valence electrons. The molecule has 0 aliphatic heterocycles. The second-order valence-electron chi connectivity index (χ2n) is 5.36. The second kappa shape index (κ2) is 8.21. The van der Waals surface area contributed by atoms with Crippen LogP contribution < -0.4 is 10.1 Å². The Hall–Kier alpha value is -3.26. The molecule has 0 fully saturated rings. The molecule has 0 spiro atoms. The van der Waals surface area contributed by atoms with Gasteiger partial charge in [0, 0.05) is 29.1 Å². The molecule has 7 nitrogen and oxygen atoms in total. The number of amides is 1. The standard InChI is InChI=1S/C18H15N3O4S/c22-18(19-9-14-4-1-2-7-17(14)21(23)24)13-5-3-6-16(8-13)25-10-15-11-26-12-20-15/h1-8,11-12H,9-10H2,(H,19,22). The summed E-state index contributed by atoms with van der Waals surface area (Å²) in [6, 6.07) is 13.1. The fraction of sp³-hybridized carbons (Fsp3) is 0.111. The lowest BCUT2D eigenvalue weighted by Gasteiger charge is -2.08. The largest absolute Gasteiger partial charge is 0.487 e. The maximum atomic E-state index is 12.3. The van der Waals surface area contributed by atoms with E-state index in [1.807, 2.05) is 5.38 Å². The molecule has 0 atom stereocenters. The van der Waals surface area contributed by atoms with Crippen molar-refractivity contribution in [2.24, 2.45) is 0 Å². The first-order valence-electron chi connectivity index (χ1n) is 7.74. The van der Waals surface area contributed by atoms with Gasteiger partial charge >= 0.3 is 0 Å². The molecule has 0 saturated heterocycles.